The molecule has 0 fully saturated rings. The largest absolute Gasteiger partial charge is 0.361 e. The van der Waals surface area contributed by atoms with Gasteiger partial charge >= 0.3 is 0 Å². The second kappa shape index (κ2) is 13.1. The minimum atomic E-state index is -0.341. The molecule has 0 saturated heterocycles. The van der Waals surface area contributed by atoms with Gasteiger partial charge in [-0.15, -0.1) is 24.0 Å². The quantitative estimate of drug-likeness (QED) is 0.206. The first-order chi connectivity index (χ1) is 13.6. The number of guanidine groups is 1. The number of nitrogens with zero attached hydrogens (tertiary/aromatic N) is 2. The van der Waals surface area contributed by atoms with Crippen LogP contribution in [-0.4, -0.2) is 37.2 Å². The fourth-order valence-electron chi connectivity index (χ4n) is 2.81. The molecule has 0 unspecified atom stereocenters. The smallest absolute Gasteiger partial charge is 0.224 e. The zero-order valence-corrected chi connectivity index (χ0v) is 19.4. The highest BCUT2D eigenvalue weighted by Gasteiger charge is 2.13. The van der Waals surface area contributed by atoms with Gasteiger partial charge in [0.05, 0.1) is 12.1 Å². The summed E-state index contributed by atoms with van der Waals surface area (Å²) in [5.74, 6) is 1.02. The molecule has 0 spiro atoms. The monoisotopic (exact) mass is 517 g/mol. The summed E-state index contributed by atoms with van der Waals surface area (Å²) in [6.45, 7) is 5.59. The maximum absolute atomic E-state index is 13.2. The minimum absolute atomic E-state index is 0. The Hall–Kier alpha value is -2.17. The second-order valence-electron chi connectivity index (χ2n) is 6.25. The normalized spacial score (nSPS) is 11.0. The van der Waals surface area contributed by atoms with Gasteiger partial charge in [-0.1, -0.05) is 31.1 Å². The highest BCUT2D eigenvalue weighted by Crippen LogP contribution is 2.15. The van der Waals surface area contributed by atoms with E-state index in [1.54, 1.807) is 19.2 Å². The third-order valence-corrected chi connectivity index (χ3v) is 4.26. The lowest BCUT2D eigenvalue weighted by Crippen LogP contribution is -2.41. The van der Waals surface area contributed by atoms with Crippen LogP contribution >= 0.6 is 24.0 Å². The first-order valence-electron chi connectivity index (χ1n) is 9.49. The number of aromatic nitrogens is 1. The van der Waals surface area contributed by atoms with Crippen molar-refractivity contribution in [2.24, 2.45) is 4.99 Å². The second-order valence-corrected chi connectivity index (χ2v) is 6.25. The summed E-state index contributed by atoms with van der Waals surface area (Å²) in [7, 11) is 1.69. The van der Waals surface area contributed by atoms with Crippen molar-refractivity contribution in [2.45, 2.75) is 39.7 Å². The molecule has 1 aromatic heterocycles. The van der Waals surface area contributed by atoms with Crippen LogP contribution in [-0.2, 0) is 30.6 Å². The van der Waals surface area contributed by atoms with Gasteiger partial charge in [0.2, 0.25) is 5.91 Å². The summed E-state index contributed by atoms with van der Waals surface area (Å²) in [5, 5.41) is 13.3. The number of carbonyl (C=O) groups excluding carboxylic acids is 1. The molecule has 160 valence electrons. The Morgan fingerprint density at radius 2 is 1.93 bits per heavy atom. The summed E-state index contributed by atoms with van der Waals surface area (Å²) in [6, 6.07) is 6.05. The molecule has 0 bridgehead atoms. The first kappa shape index (κ1) is 24.9. The number of hydrogen-bond acceptors (Lipinski definition) is 4. The number of rotatable bonds is 9. The van der Waals surface area contributed by atoms with Crippen molar-refractivity contribution < 1.29 is 13.7 Å². The van der Waals surface area contributed by atoms with Crippen LogP contribution in [0.5, 0.6) is 0 Å². The number of aryl methyl sites for hydroxylation is 2. The molecule has 1 amide bonds. The summed E-state index contributed by atoms with van der Waals surface area (Å²) in [4.78, 5) is 16.1. The minimum Gasteiger partial charge on any atom is -0.361 e. The molecule has 1 heterocycles. The number of aliphatic imine (C=N–C) groups is 1. The van der Waals surface area contributed by atoms with E-state index in [0.29, 0.717) is 31.2 Å². The number of hydrogen-bond donors (Lipinski definition) is 3. The third kappa shape index (κ3) is 8.00. The number of amides is 1. The van der Waals surface area contributed by atoms with Gasteiger partial charge in [0.15, 0.2) is 5.96 Å². The predicted molar refractivity (Wildman–Crippen MR) is 122 cm³/mol. The van der Waals surface area contributed by atoms with E-state index in [0.717, 1.165) is 29.9 Å². The fraction of sp³-hybridized carbons (Fsp3) is 0.450. The lowest BCUT2D eigenvalue weighted by Gasteiger charge is -2.12. The van der Waals surface area contributed by atoms with E-state index in [9.17, 15) is 9.18 Å². The van der Waals surface area contributed by atoms with Gasteiger partial charge in [-0.2, -0.15) is 0 Å². The van der Waals surface area contributed by atoms with Crippen molar-refractivity contribution in [3.63, 3.8) is 0 Å². The van der Waals surface area contributed by atoms with Crippen molar-refractivity contribution >= 4 is 35.8 Å². The predicted octanol–water partition coefficient (Wildman–Crippen LogP) is 2.58. The highest BCUT2D eigenvalue weighted by molar-refractivity contribution is 14.0. The summed E-state index contributed by atoms with van der Waals surface area (Å²) >= 11 is 0. The van der Waals surface area contributed by atoms with E-state index in [1.807, 2.05) is 13.8 Å². The van der Waals surface area contributed by atoms with Crippen LogP contribution in [0.1, 0.15) is 36.4 Å². The number of nitrogens with one attached hydrogen (secondary N) is 3. The van der Waals surface area contributed by atoms with Gasteiger partial charge in [0.25, 0.3) is 0 Å². The average Bonchev–Trinajstić information content (AvgIpc) is 3.09. The van der Waals surface area contributed by atoms with Crippen LogP contribution in [0, 0.1) is 5.82 Å². The molecule has 0 radical (unpaired) electrons. The first-order valence-corrected chi connectivity index (χ1v) is 9.49. The Morgan fingerprint density at radius 1 is 1.17 bits per heavy atom. The van der Waals surface area contributed by atoms with Gasteiger partial charge < -0.3 is 20.5 Å². The SMILES string of the molecule is CCc1noc(CC)c1CNC(=NC)NCCNC(=O)Cc1cccc(F)c1.I. The molecule has 2 aromatic rings. The Labute approximate surface area is 187 Å². The van der Waals surface area contributed by atoms with Crippen LogP contribution in [0.3, 0.4) is 0 Å². The van der Waals surface area contributed by atoms with Crippen molar-refractivity contribution in [3.05, 3.63) is 52.7 Å². The van der Waals surface area contributed by atoms with Crippen LogP contribution in [0.2, 0.25) is 0 Å². The molecule has 3 N–H and O–H groups in total. The molecule has 1 aromatic carbocycles. The van der Waals surface area contributed by atoms with Crippen LogP contribution < -0.4 is 16.0 Å². The van der Waals surface area contributed by atoms with Gasteiger partial charge in [0.1, 0.15) is 11.6 Å². The Morgan fingerprint density at radius 3 is 2.59 bits per heavy atom. The molecule has 0 atom stereocenters. The summed E-state index contributed by atoms with van der Waals surface area (Å²) in [5.41, 5.74) is 2.66. The molecule has 0 aliphatic carbocycles. The van der Waals surface area contributed by atoms with E-state index in [4.69, 9.17) is 4.52 Å². The standard InChI is InChI=1S/C20H28FN5O2.HI/c1-4-17-16(18(5-2)28-26-17)13-25-20(22-3)24-10-9-23-19(27)12-14-7-6-8-15(21)11-14;/h6-8,11H,4-5,9-10,12-13H2,1-3H3,(H,23,27)(H2,22,24,25);1H. The molecule has 0 saturated carbocycles. The topological polar surface area (TPSA) is 91.6 Å². The Balaban J connectivity index is 0.00000420. The number of carbonyl (C=O) groups is 1. The lowest BCUT2D eigenvalue weighted by atomic mass is 10.1. The zero-order chi connectivity index (χ0) is 20.4. The summed E-state index contributed by atoms with van der Waals surface area (Å²) < 4.78 is 18.5. The van der Waals surface area contributed by atoms with Crippen LogP contribution in [0.4, 0.5) is 4.39 Å². The van der Waals surface area contributed by atoms with E-state index in [2.05, 4.69) is 26.1 Å². The molecule has 29 heavy (non-hydrogen) atoms. The Bertz CT molecular complexity index is 788. The Kier molecular flexibility index (Phi) is 11.3. The molecular formula is C20H29FIN5O2. The van der Waals surface area contributed by atoms with E-state index in [-0.39, 0.29) is 42.1 Å². The van der Waals surface area contributed by atoms with E-state index in [1.165, 1.54) is 12.1 Å². The fourth-order valence-corrected chi connectivity index (χ4v) is 2.81. The van der Waals surface area contributed by atoms with Gasteiger partial charge in [-0.3, -0.25) is 9.79 Å². The maximum Gasteiger partial charge on any atom is 0.224 e. The highest BCUT2D eigenvalue weighted by atomic mass is 127. The molecule has 7 nitrogen and oxygen atoms in total. The van der Waals surface area contributed by atoms with Crippen molar-refractivity contribution in [1.82, 2.24) is 21.1 Å². The van der Waals surface area contributed by atoms with Crippen molar-refractivity contribution in [1.29, 1.82) is 0 Å². The van der Waals surface area contributed by atoms with Crippen molar-refractivity contribution in [3.8, 4) is 0 Å². The molecule has 2 rings (SSSR count). The third-order valence-electron chi connectivity index (χ3n) is 4.26. The van der Waals surface area contributed by atoms with Gasteiger partial charge in [0, 0.05) is 38.7 Å². The lowest BCUT2D eigenvalue weighted by molar-refractivity contribution is -0.120. The van der Waals surface area contributed by atoms with Gasteiger partial charge in [-0.05, 0) is 24.1 Å². The molecule has 0 aliphatic rings. The zero-order valence-electron chi connectivity index (χ0n) is 17.0. The molecule has 0 aliphatic heterocycles. The van der Waals surface area contributed by atoms with Crippen molar-refractivity contribution in [2.75, 3.05) is 20.1 Å². The summed E-state index contributed by atoms with van der Waals surface area (Å²) in [6.07, 6.45) is 1.75. The maximum atomic E-state index is 13.2. The molecular weight excluding hydrogens is 488 g/mol. The van der Waals surface area contributed by atoms with Crippen LogP contribution in [0.15, 0.2) is 33.8 Å². The van der Waals surface area contributed by atoms with E-state index < -0.39 is 0 Å². The number of halogens is 2. The van der Waals surface area contributed by atoms with Crippen LogP contribution in [0.25, 0.3) is 0 Å². The molecule has 9 heteroatoms. The van der Waals surface area contributed by atoms with E-state index >= 15 is 0 Å². The average molecular weight is 517 g/mol. The number of benzene rings is 1. The van der Waals surface area contributed by atoms with Gasteiger partial charge in [-0.25, -0.2) is 4.39 Å².